The van der Waals surface area contributed by atoms with E-state index < -0.39 is 0 Å². The third-order valence-electron chi connectivity index (χ3n) is 6.51. The van der Waals surface area contributed by atoms with Crippen molar-refractivity contribution in [3.05, 3.63) is 35.9 Å². The number of fused-ring (bicyclic) bond motifs is 2. The topological polar surface area (TPSA) is 35.5 Å². The Kier molecular flexibility index (Phi) is 3.99. The maximum atomic E-state index is 12.3. The van der Waals surface area contributed by atoms with E-state index >= 15 is 0 Å². The summed E-state index contributed by atoms with van der Waals surface area (Å²) in [5.41, 5.74) is 1.24. The number of para-hydroxylation sites is 1. The number of carbonyl (C=O) groups is 1. The van der Waals surface area contributed by atoms with Gasteiger partial charge < -0.3 is 9.47 Å². The first kappa shape index (κ1) is 16.1. The predicted molar refractivity (Wildman–Crippen MR) is 91.1 cm³/mol. The Morgan fingerprint density at radius 3 is 2.61 bits per heavy atom. The summed E-state index contributed by atoms with van der Waals surface area (Å²) in [6.07, 6.45) is 6.72. The highest BCUT2D eigenvalue weighted by Crippen LogP contribution is 2.66. The van der Waals surface area contributed by atoms with Crippen LogP contribution in [0.4, 0.5) is 0 Å². The van der Waals surface area contributed by atoms with Crippen LogP contribution in [0.2, 0.25) is 0 Å². The van der Waals surface area contributed by atoms with Crippen molar-refractivity contribution < 1.29 is 14.3 Å². The molecule has 0 heterocycles. The highest BCUT2D eigenvalue weighted by Gasteiger charge is 2.62. The van der Waals surface area contributed by atoms with Gasteiger partial charge in [0.05, 0.1) is 7.11 Å². The number of carbonyl (C=O) groups excluding carboxylic acids is 1. The minimum Gasteiger partial charge on any atom is -0.496 e. The van der Waals surface area contributed by atoms with E-state index in [9.17, 15) is 4.79 Å². The molecule has 124 valence electrons. The largest absolute Gasteiger partial charge is 0.496 e. The number of ether oxygens (including phenoxy) is 2. The third-order valence-corrected chi connectivity index (χ3v) is 6.51. The monoisotopic (exact) mass is 314 g/mol. The lowest BCUT2D eigenvalue weighted by Gasteiger charge is -2.38. The van der Waals surface area contributed by atoms with Crippen LogP contribution in [-0.4, -0.2) is 19.2 Å². The zero-order valence-electron chi connectivity index (χ0n) is 14.5. The maximum absolute atomic E-state index is 12.3. The van der Waals surface area contributed by atoms with Crippen LogP contribution < -0.4 is 4.74 Å². The Hall–Kier alpha value is -1.77. The second-order valence-electron chi connectivity index (χ2n) is 7.61. The van der Waals surface area contributed by atoms with Gasteiger partial charge in [-0.05, 0) is 42.7 Å². The van der Waals surface area contributed by atoms with Gasteiger partial charge in [0.15, 0.2) is 0 Å². The van der Waals surface area contributed by atoms with Crippen LogP contribution in [0.3, 0.4) is 0 Å². The molecule has 0 aromatic heterocycles. The van der Waals surface area contributed by atoms with Crippen molar-refractivity contribution in [2.75, 3.05) is 7.11 Å². The lowest BCUT2D eigenvalue weighted by atomic mass is 9.70. The number of hydrogen-bond acceptors (Lipinski definition) is 3. The summed E-state index contributed by atoms with van der Waals surface area (Å²) in [4.78, 5) is 12.3. The molecule has 0 spiro atoms. The molecule has 1 aromatic carbocycles. The van der Waals surface area contributed by atoms with E-state index in [1.54, 1.807) is 13.2 Å². The van der Waals surface area contributed by atoms with E-state index in [-0.39, 0.29) is 22.9 Å². The lowest BCUT2D eigenvalue weighted by molar-refractivity contribution is -0.150. The van der Waals surface area contributed by atoms with Crippen LogP contribution in [0.5, 0.6) is 5.75 Å². The number of hydrogen-bond donors (Lipinski definition) is 0. The summed E-state index contributed by atoms with van der Waals surface area (Å²) in [7, 11) is 1.63. The molecular formula is C20H26O3. The van der Waals surface area contributed by atoms with E-state index in [1.165, 1.54) is 12.5 Å². The molecule has 3 unspecified atom stereocenters. The fraction of sp³-hybridized carbons (Fsp3) is 0.550. The summed E-state index contributed by atoms with van der Waals surface area (Å²) in [5, 5.41) is 0. The van der Waals surface area contributed by atoms with E-state index in [0.29, 0.717) is 5.92 Å². The van der Waals surface area contributed by atoms with Crippen molar-refractivity contribution in [3.8, 4) is 5.75 Å². The van der Waals surface area contributed by atoms with E-state index in [1.807, 2.05) is 24.3 Å². The molecule has 3 heteroatoms. The molecule has 23 heavy (non-hydrogen) atoms. The molecule has 0 aliphatic heterocycles. The minimum absolute atomic E-state index is 0.0334. The van der Waals surface area contributed by atoms with Gasteiger partial charge in [0.2, 0.25) is 0 Å². The van der Waals surface area contributed by atoms with Crippen LogP contribution >= 0.6 is 0 Å². The molecule has 0 amide bonds. The summed E-state index contributed by atoms with van der Waals surface area (Å²) < 4.78 is 11.1. The minimum atomic E-state index is -0.259. The van der Waals surface area contributed by atoms with Crippen LogP contribution in [0.25, 0.3) is 6.08 Å². The van der Waals surface area contributed by atoms with Gasteiger partial charge >= 0.3 is 5.97 Å². The molecule has 3 atom stereocenters. The fourth-order valence-electron chi connectivity index (χ4n) is 4.45. The molecule has 3 rings (SSSR count). The first-order valence-corrected chi connectivity index (χ1v) is 8.40. The summed E-state index contributed by atoms with van der Waals surface area (Å²) in [5.74, 6) is 1.17. The first-order chi connectivity index (χ1) is 10.9. The second-order valence-corrected chi connectivity index (χ2v) is 7.61. The average Bonchev–Trinajstić information content (AvgIpc) is 2.86. The van der Waals surface area contributed by atoms with Crippen LogP contribution in [0.15, 0.2) is 30.3 Å². The Morgan fingerprint density at radius 1 is 1.26 bits per heavy atom. The van der Waals surface area contributed by atoms with E-state index in [4.69, 9.17) is 9.47 Å². The number of benzene rings is 1. The van der Waals surface area contributed by atoms with E-state index in [0.717, 1.165) is 24.2 Å². The van der Waals surface area contributed by atoms with Crippen LogP contribution in [-0.2, 0) is 9.53 Å². The second kappa shape index (κ2) is 5.70. The van der Waals surface area contributed by atoms with Crippen molar-refractivity contribution in [2.24, 2.45) is 16.7 Å². The molecule has 3 nitrogen and oxygen atoms in total. The van der Waals surface area contributed by atoms with Crippen molar-refractivity contribution in [1.29, 1.82) is 0 Å². The van der Waals surface area contributed by atoms with Crippen molar-refractivity contribution in [3.63, 3.8) is 0 Å². The van der Waals surface area contributed by atoms with Crippen LogP contribution in [0, 0.1) is 16.7 Å². The predicted octanol–water partition coefficient (Wildman–Crippen LogP) is 4.47. The normalized spacial score (nSPS) is 31.5. The summed E-state index contributed by atoms with van der Waals surface area (Å²) >= 11 is 0. The van der Waals surface area contributed by atoms with Gasteiger partial charge in [0.1, 0.15) is 11.9 Å². The third kappa shape index (κ3) is 2.56. The van der Waals surface area contributed by atoms with Gasteiger partial charge in [-0.2, -0.15) is 0 Å². The van der Waals surface area contributed by atoms with Crippen molar-refractivity contribution in [1.82, 2.24) is 0 Å². The smallest absolute Gasteiger partial charge is 0.331 e. The Bertz CT molecular complexity index is 632. The lowest BCUT2D eigenvalue weighted by Crippen LogP contribution is -2.38. The molecule has 2 aliphatic rings. The highest BCUT2D eigenvalue weighted by molar-refractivity contribution is 5.87. The highest BCUT2D eigenvalue weighted by atomic mass is 16.5. The molecule has 2 aliphatic carbocycles. The van der Waals surface area contributed by atoms with Crippen molar-refractivity contribution in [2.45, 2.75) is 46.1 Å². The average molecular weight is 314 g/mol. The van der Waals surface area contributed by atoms with Gasteiger partial charge in [-0.3, -0.25) is 0 Å². The summed E-state index contributed by atoms with van der Waals surface area (Å²) in [6, 6.07) is 7.63. The van der Waals surface area contributed by atoms with Gasteiger partial charge in [-0.1, -0.05) is 39.0 Å². The zero-order chi connectivity index (χ0) is 16.7. The van der Waals surface area contributed by atoms with Crippen molar-refractivity contribution >= 4 is 12.0 Å². The van der Waals surface area contributed by atoms with Crippen LogP contribution in [0.1, 0.15) is 45.6 Å². The number of rotatable bonds is 4. The van der Waals surface area contributed by atoms with Gasteiger partial charge in [-0.15, -0.1) is 0 Å². The number of methoxy groups -OCH3 is 1. The first-order valence-electron chi connectivity index (χ1n) is 8.40. The quantitative estimate of drug-likeness (QED) is 0.608. The Balaban J connectivity index is 1.68. The Labute approximate surface area is 138 Å². The maximum Gasteiger partial charge on any atom is 0.331 e. The molecule has 2 bridgehead atoms. The Morgan fingerprint density at radius 2 is 2.00 bits per heavy atom. The number of esters is 1. The van der Waals surface area contributed by atoms with Gasteiger partial charge in [-0.25, -0.2) is 4.79 Å². The molecule has 2 fully saturated rings. The standard InChI is InChI=1S/C20H26O3/c1-19(2)15-11-12-20(19,3)17(13-15)23-18(21)10-9-14-7-5-6-8-16(14)22-4/h5-10,15,17H,11-13H2,1-4H3. The molecule has 1 aromatic rings. The van der Waals surface area contributed by atoms with Gasteiger partial charge in [0, 0.05) is 17.1 Å². The fourth-order valence-corrected chi connectivity index (χ4v) is 4.45. The molecule has 2 saturated carbocycles. The molecular weight excluding hydrogens is 288 g/mol. The SMILES string of the molecule is COc1ccccc1C=CC(=O)OC1CC2CCC1(C)C2(C)C. The zero-order valence-corrected chi connectivity index (χ0v) is 14.5. The van der Waals surface area contributed by atoms with Gasteiger partial charge in [0.25, 0.3) is 0 Å². The molecule has 0 radical (unpaired) electrons. The summed E-state index contributed by atoms with van der Waals surface area (Å²) in [6.45, 7) is 6.92. The molecule has 0 N–H and O–H groups in total. The van der Waals surface area contributed by atoms with E-state index in [2.05, 4.69) is 20.8 Å². The molecule has 0 saturated heterocycles.